The van der Waals surface area contributed by atoms with Gasteiger partial charge in [-0.25, -0.2) is 4.79 Å². The van der Waals surface area contributed by atoms with E-state index in [-0.39, 0.29) is 18.6 Å². The van der Waals surface area contributed by atoms with Crippen LogP contribution in [0.15, 0.2) is 48.2 Å². The molecule has 0 saturated carbocycles. The number of rotatable bonds is 5. The maximum atomic E-state index is 11.6. The Kier molecular flexibility index (Phi) is 5.21. The summed E-state index contributed by atoms with van der Waals surface area (Å²) in [5, 5.41) is 9.19. The van der Waals surface area contributed by atoms with Gasteiger partial charge in [0, 0.05) is 6.42 Å². The number of esters is 1. The van der Waals surface area contributed by atoms with Crippen molar-refractivity contribution in [1.29, 1.82) is 0 Å². The van der Waals surface area contributed by atoms with Crippen LogP contribution in [0.4, 0.5) is 0 Å². The van der Waals surface area contributed by atoms with Gasteiger partial charge in [0.05, 0.1) is 11.7 Å². The largest absolute Gasteiger partial charge is 0.457 e. The monoisotopic (exact) mass is 232 g/mol. The van der Waals surface area contributed by atoms with E-state index in [0.717, 1.165) is 5.56 Å². The van der Waals surface area contributed by atoms with Crippen LogP contribution in [0.1, 0.15) is 18.9 Å². The average Bonchev–Trinajstić information content (AvgIpc) is 2.34. The molecule has 1 rings (SSSR count). The van der Waals surface area contributed by atoms with Crippen LogP contribution < -0.4 is 0 Å². The second-order valence-corrected chi connectivity index (χ2v) is 3.77. The molecule has 0 saturated heterocycles. The fourth-order valence-electron chi connectivity index (χ4n) is 1.33. The first-order valence-corrected chi connectivity index (χ1v) is 5.41. The van der Waals surface area contributed by atoms with Crippen LogP contribution in [0, 0.1) is 0 Å². The highest BCUT2D eigenvalue weighted by Crippen LogP contribution is 2.08. The fourth-order valence-corrected chi connectivity index (χ4v) is 1.33. The van der Waals surface area contributed by atoms with E-state index in [4.69, 9.17) is 4.74 Å². The van der Waals surface area contributed by atoms with Crippen molar-refractivity contribution in [1.82, 2.24) is 0 Å². The van der Waals surface area contributed by atoms with Gasteiger partial charge in [-0.3, -0.25) is 0 Å². The number of carbonyl (C=O) groups is 1. The van der Waals surface area contributed by atoms with Crippen molar-refractivity contribution < 1.29 is 14.6 Å². The number of aliphatic hydroxyl groups excluding tert-OH is 1. The van der Waals surface area contributed by atoms with E-state index in [2.05, 4.69) is 12.3 Å². The zero-order valence-corrected chi connectivity index (χ0v) is 9.85. The van der Waals surface area contributed by atoms with Crippen molar-refractivity contribution >= 4 is 5.97 Å². The number of hydrogen-bond acceptors (Lipinski definition) is 3. The van der Waals surface area contributed by atoms with Crippen LogP contribution in [0.2, 0.25) is 0 Å². The average molecular weight is 232 g/mol. The van der Waals surface area contributed by atoms with Crippen LogP contribution in [-0.2, 0) is 16.1 Å². The first-order chi connectivity index (χ1) is 8.13. The van der Waals surface area contributed by atoms with Crippen LogP contribution in [0.25, 0.3) is 0 Å². The number of carbonyl (C=O) groups excluding carboxylic acids is 1. The van der Waals surface area contributed by atoms with Crippen molar-refractivity contribution in [3.8, 4) is 0 Å². The highest BCUT2D eigenvalue weighted by atomic mass is 16.5. The molecule has 0 heterocycles. The summed E-state index contributed by atoms with van der Waals surface area (Å²) < 4.78 is 5.09. The predicted molar refractivity (Wildman–Crippen MR) is 65.2 cm³/mol. The lowest BCUT2D eigenvalue weighted by Crippen LogP contribution is -2.12. The minimum atomic E-state index is -0.608. The van der Waals surface area contributed by atoms with Crippen LogP contribution in [-0.4, -0.2) is 17.2 Å². The predicted octanol–water partition coefficient (Wildman–Crippen LogP) is 2.21. The van der Waals surface area contributed by atoms with E-state index in [0.29, 0.717) is 0 Å². The highest BCUT2D eigenvalue weighted by molar-refractivity contribution is 5.88. The van der Waals surface area contributed by atoms with Crippen molar-refractivity contribution in [2.24, 2.45) is 0 Å². The molecule has 0 bridgehead atoms. The van der Waals surface area contributed by atoms with Gasteiger partial charge in [-0.05, 0) is 12.5 Å². The summed E-state index contributed by atoms with van der Waals surface area (Å²) in [4.78, 5) is 11.6. The summed E-state index contributed by atoms with van der Waals surface area (Å²) >= 11 is 0. The second kappa shape index (κ2) is 6.69. The van der Waals surface area contributed by atoms with Gasteiger partial charge in [-0.1, -0.05) is 36.9 Å². The molecule has 0 fully saturated rings. The molecule has 3 heteroatoms. The van der Waals surface area contributed by atoms with Gasteiger partial charge in [0.2, 0.25) is 0 Å². The Hall–Kier alpha value is -1.83. The Labute approximate surface area is 101 Å². The van der Waals surface area contributed by atoms with E-state index in [9.17, 15) is 9.90 Å². The zero-order valence-electron chi connectivity index (χ0n) is 9.85. The Morgan fingerprint density at radius 1 is 1.47 bits per heavy atom. The fraction of sp³-hybridized carbons (Fsp3) is 0.286. The molecule has 1 aromatic carbocycles. The van der Waals surface area contributed by atoms with Crippen LogP contribution >= 0.6 is 0 Å². The van der Waals surface area contributed by atoms with Crippen molar-refractivity contribution in [3.63, 3.8) is 0 Å². The second-order valence-electron chi connectivity index (χ2n) is 3.77. The van der Waals surface area contributed by atoms with E-state index < -0.39 is 12.1 Å². The summed E-state index contributed by atoms with van der Waals surface area (Å²) in [6, 6.07) is 9.40. The Bertz CT molecular complexity index is 414. The quantitative estimate of drug-likeness (QED) is 0.481. The lowest BCUT2D eigenvalue weighted by Gasteiger charge is -2.08. The number of hydrogen-bond donors (Lipinski definition) is 1. The van der Waals surface area contributed by atoms with Gasteiger partial charge in [0.25, 0.3) is 0 Å². The third-order valence-corrected chi connectivity index (χ3v) is 2.17. The summed E-state index contributed by atoms with van der Waals surface area (Å²) in [6.07, 6.45) is -0.402. The first-order valence-electron chi connectivity index (χ1n) is 5.41. The molecule has 0 spiro atoms. The van der Waals surface area contributed by atoms with Gasteiger partial charge in [-0.2, -0.15) is 0 Å². The molecule has 1 N–H and O–H groups in total. The van der Waals surface area contributed by atoms with Gasteiger partial charge < -0.3 is 9.84 Å². The molecule has 1 aromatic rings. The summed E-state index contributed by atoms with van der Waals surface area (Å²) in [6.45, 7) is 5.23. The Balaban J connectivity index is 2.52. The molecule has 0 amide bonds. The van der Waals surface area contributed by atoms with E-state index in [1.54, 1.807) is 6.92 Å². The summed E-state index contributed by atoms with van der Waals surface area (Å²) in [5.74, 6) is -0.482. The van der Waals surface area contributed by atoms with Crippen molar-refractivity contribution in [2.75, 3.05) is 0 Å². The standard InChI is InChI=1S/C14H16O3/c1-3-13(9-11(2)15)14(16)17-10-12-7-5-4-6-8-12/h4-8,11,15H,1,9-10H2,2H3. The Morgan fingerprint density at radius 2 is 2.12 bits per heavy atom. The molecular weight excluding hydrogens is 216 g/mol. The maximum Gasteiger partial charge on any atom is 0.342 e. The molecule has 0 aliphatic heterocycles. The van der Waals surface area contributed by atoms with Crippen molar-refractivity contribution in [3.05, 3.63) is 53.8 Å². The lowest BCUT2D eigenvalue weighted by molar-refractivity contribution is -0.140. The highest BCUT2D eigenvalue weighted by Gasteiger charge is 2.12. The number of ether oxygens (including phenoxy) is 1. The van der Waals surface area contributed by atoms with Crippen molar-refractivity contribution in [2.45, 2.75) is 26.1 Å². The molecule has 0 aromatic heterocycles. The van der Waals surface area contributed by atoms with E-state index in [1.165, 1.54) is 0 Å². The number of aliphatic hydroxyl groups is 1. The van der Waals surface area contributed by atoms with Gasteiger partial charge in [0.15, 0.2) is 0 Å². The van der Waals surface area contributed by atoms with Crippen LogP contribution in [0.5, 0.6) is 0 Å². The number of benzene rings is 1. The topological polar surface area (TPSA) is 46.5 Å². The minimum absolute atomic E-state index is 0.205. The molecular formula is C14H16O3. The lowest BCUT2D eigenvalue weighted by atomic mass is 10.1. The zero-order chi connectivity index (χ0) is 12.7. The molecule has 17 heavy (non-hydrogen) atoms. The third kappa shape index (κ3) is 4.68. The van der Waals surface area contributed by atoms with Gasteiger partial charge >= 0.3 is 5.97 Å². The SMILES string of the molecule is C=C=C(CC(C)O)C(=O)OCc1ccccc1. The molecule has 0 aliphatic rings. The molecule has 1 atom stereocenters. The third-order valence-electron chi connectivity index (χ3n) is 2.17. The van der Waals surface area contributed by atoms with E-state index in [1.807, 2.05) is 30.3 Å². The Morgan fingerprint density at radius 3 is 2.65 bits per heavy atom. The molecule has 1 unspecified atom stereocenters. The smallest absolute Gasteiger partial charge is 0.342 e. The molecule has 3 nitrogen and oxygen atoms in total. The molecule has 0 radical (unpaired) electrons. The van der Waals surface area contributed by atoms with E-state index >= 15 is 0 Å². The maximum absolute atomic E-state index is 11.6. The first kappa shape index (κ1) is 13.2. The minimum Gasteiger partial charge on any atom is -0.457 e. The van der Waals surface area contributed by atoms with Crippen LogP contribution in [0.3, 0.4) is 0 Å². The van der Waals surface area contributed by atoms with Gasteiger partial charge in [0.1, 0.15) is 6.61 Å². The normalized spacial score (nSPS) is 11.4. The summed E-state index contributed by atoms with van der Waals surface area (Å²) in [7, 11) is 0. The molecule has 90 valence electrons. The molecule has 0 aliphatic carbocycles. The van der Waals surface area contributed by atoms with Gasteiger partial charge in [-0.15, -0.1) is 5.73 Å². The summed E-state index contributed by atoms with van der Waals surface area (Å²) in [5.41, 5.74) is 3.69.